The summed E-state index contributed by atoms with van der Waals surface area (Å²) < 4.78 is 0. The number of nitrogens with zero attached hydrogens (tertiary/aromatic N) is 1. The Kier molecular flexibility index (Phi) is 4.02. The van der Waals surface area contributed by atoms with Gasteiger partial charge < -0.3 is 4.84 Å². The Hall–Kier alpha value is -2.13. The second-order valence-corrected chi connectivity index (χ2v) is 5.48. The summed E-state index contributed by atoms with van der Waals surface area (Å²) in [6.45, 7) is 2.71. The molecule has 0 unspecified atom stereocenters. The molecule has 0 aliphatic carbocycles. The van der Waals surface area contributed by atoms with E-state index in [9.17, 15) is 4.79 Å². The lowest BCUT2D eigenvalue weighted by Crippen LogP contribution is -2.23. The number of hydroxylamine groups is 2. The van der Waals surface area contributed by atoms with Crippen LogP contribution in [0, 0.1) is 5.92 Å². The Morgan fingerprint density at radius 3 is 2.38 bits per heavy atom. The fraction of sp³-hybridized carbons (Fsp3) is 0.278. The first kappa shape index (κ1) is 13.8. The van der Waals surface area contributed by atoms with Crippen molar-refractivity contribution >= 4 is 5.97 Å². The summed E-state index contributed by atoms with van der Waals surface area (Å²) in [6, 6.07) is 20.3. The number of benzene rings is 2. The number of hydrogen-bond donors (Lipinski definition) is 0. The molecule has 0 N–H and O–H groups in total. The van der Waals surface area contributed by atoms with Crippen molar-refractivity contribution in [3.05, 3.63) is 71.8 Å². The summed E-state index contributed by atoms with van der Waals surface area (Å²) >= 11 is 0. The molecule has 0 aromatic heterocycles. The van der Waals surface area contributed by atoms with Gasteiger partial charge >= 0.3 is 5.97 Å². The minimum Gasteiger partial charge on any atom is -0.367 e. The normalized spacial score (nSPS) is 20.2. The van der Waals surface area contributed by atoms with Crippen molar-refractivity contribution in [1.29, 1.82) is 0 Å². The Morgan fingerprint density at radius 1 is 1.10 bits per heavy atom. The monoisotopic (exact) mass is 281 g/mol. The first-order chi connectivity index (χ1) is 10.2. The number of rotatable bonds is 4. The van der Waals surface area contributed by atoms with Gasteiger partial charge in [-0.25, -0.2) is 4.79 Å². The van der Waals surface area contributed by atoms with Crippen LogP contribution in [0.25, 0.3) is 0 Å². The summed E-state index contributed by atoms with van der Waals surface area (Å²) in [6.07, 6.45) is 0.734. The van der Waals surface area contributed by atoms with E-state index >= 15 is 0 Å². The lowest BCUT2D eigenvalue weighted by molar-refractivity contribution is -0.179. The maximum Gasteiger partial charge on any atom is 0.329 e. The van der Waals surface area contributed by atoms with Crippen molar-refractivity contribution < 1.29 is 9.63 Å². The van der Waals surface area contributed by atoms with Crippen LogP contribution in [0.3, 0.4) is 0 Å². The van der Waals surface area contributed by atoms with Crippen LogP contribution in [-0.4, -0.2) is 17.6 Å². The minimum absolute atomic E-state index is 0.0796. The van der Waals surface area contributed by atoms with E-state index in [1.54, 1.807) is 5.06 Å². The molecule has 21 heavy (non-hydrogen) atoms. The van der Waals surface area contributed by atoms with Gasteiger partial charge in [-0.1, -0.05) is 60.7 Å². The van der Waals surface area contributed by atoms with E-state index in [-0.39, 0.29) is 17.9 Å². The second kappa shape index (κ2) is 6.10. The van der Waals surface area contributed by atoms with Crippen LogP contribution in [0.4, 0.5) is 0 Å². The maximum absolute atomic E-state index is 12.1. The maximum atomic E-state index is 12.1. The summed E-state index contributed by atoms with van der Waals surface area (Å²) in [4.78, 5) is 17.5. The van der Waals surface area contributed by atoms with Crippen LogP contribution in [0.2, 0.25) is 0 Å². The molecule has 1 saturated heterocycles. The van der Waals surface area contributed by atoms with Crippen LogP contribution in [0.1, 0.15) is 24.1 Å². The number of carbonyl (C=O) groups is 1. The van der Waals surface area contributed by atoms with E-state index in [1.165, 1.54) is 5.56 Å². The molecule has 0 saturated carbocycles. The van der Waals surface area contributed by atoms with E-state index in [1.807, 2.05) is 36.4 Å². The van der Waals surface area contributed by atoms with Crippen molar-refractivity contribution in [3.8, 4) is 0 Å². The molecule has 2 aromatic carbocycles. The van der Waals surface area contributed by atoms with E-state index in [0.29, 0.717) is 6.54 Å². The van der Waals surface area contributed by atoms with Gasteiger partial charge in [-0.15, -0.1) is 5.06 Å². The van der Waals surface area contributed by atoms with Gasteiger partial charge in [-0.2, -0.15) is 0 Å². The van der Waals surface area contributed by atoms with Crippen molar-refractivity contribution in [2.45, 2.75) is 19.4 Å². The molecular weight excluding hydrogens is 262 g/mol. The zero-order chi connectivity index (χ0) is 14.7. The van der Waals surface area contributed by atoms with Gasteiger partial charge in [-0.05, 0) is 24.5 Å². The van der Waals surface area contributed by atoms with Gasteiger partial charge in [0.05, 0.1) is 12.0 Å². The van der Waals surface area contributed by atoms with Gasteiger partial charge in [0.15, 0.2) is 0 Å². The Balaban J connectivity index is 1.67. The third kappa shape index (κ3) is 3.14. The molecule has 3 heteroatoms. The summed E-state index contributed by atoms with van der Waals surface area (Å²) in [5.41, 5.74) is 2.33. The zero-order valence-corrected chi connectivity index (χ0v) is 12.1. The second-order valence-electron chi connectivity index (χ2n) is 5.48. The van der Waals surface area contributed by atoms with Crippen molar-refractivity contribution in [1.82, 2.24) is 5.06 Å². The third-order valence-corrected chi connectivity index (χ3v) is 3.98. The first-order valence-electron chi connectivity index (χ1n) is 7.31. The largest absolute Gasteiger partial charge is 0.367 e. The Morgan fingerprint density at radius 2 is 1.71 bits per heavy atom. The first-order valence-corrected chi connectivity index (χ1v) is 7.31. The molecule has 108 valence electrons. The van der Waals surface area contributed by atoms with Crippen LogP contribution >= 0.6 is 0 Å². The van der Waals surface area contributed by atoms with Gasteiger partial charge in [0.25, 0.3) is 0 Å². The molecule has 0 radical (unpaired) electrons. The molecule has 2 atom stereocenters. The van der Waals surface area contributed by atoms with E-state index in [0.717, 1.165) is 12.0 Å². The predicted octanol–water partition coefficient (Wildman–Crippen LogP) is 3.38. The summed E-state index contributed by atoms with van der Waals surface area (Å²) in [5, 5.41) is 1.80. The van der Waals surface area contributed by atoms with Gasteiger partial charge in [0.1, 0.15) is 0 Å². The standard InChI is InChI=1S/C18H19NO2/c1-14(16-10-6-3-7-11-16)19-13-17(18(20)21-19)12-15-8-4-2-5-9-15/h2-11,14,17H,12-13H2,1H3/t14-,17+/m0/s1. The number of hydrogen-bond acceptors (Lipinski definition) is 3. The van der Waals surface area contributed by atoms with E-state index < -0.39 is 0 Å². The molecular formula is C18H19NO2. The summed E-state index contributed by atoms with van der Waals surface area (Å²) in [7, 11) is 0. The van der Waals surface area contributed by atoms with Gasteiger partial charge in [0, 0.05) is 6.54 Å². The average Bonchev–Trinajstić information content (AvgIpc) is 2.89. The lowest BCUT2D eigenvalue weighted by atomic mass is 9.99. The van der Waals surface area contributed by atoms with Crippen molar-refractivity contribution in [3.63, 3.8) is 0 Å². The molecule has 1 aliphatic rings. The van der Waals surface area contributed by atoms with Crippen LogP contribution in [-0.2, 0) is 16.1 Å². The highest BCUT2D eigenvalue weighted by molar-refractivity contribution is 5.74. The molecule has 3 nitrogen and oxygen atoms in total. The fourth-order valence-electron chi connectivity index (χ4n) is 2.70. The third-order valence-electron chi connectivity index (χ3n) is 3.98. The van der Waals surface area contributed by atoms with Gasteiger partial charge in [-0.3, -0.25) is 0 Å². The van der Waals surface area contributed by atoms with Crippen molar-refractivity contribution in [2.24, 2.45) is 5.92 Å². The molecule has 0 amide bonds. The molecule has 1 fully saturated rings. The smallest absolute Gasteiger partial charge is 0.329 e. The number of carbonyl (C=O) groups excluding carboxylic acids is 1. The van der Waals surface area contributed by atoms with Crippen LogP contribution in [0.15, 0.2) is 60.7 Å². The fourth-order valence-corrected chi connectivity index (χ4v) is 2.70. The van der Waals surface area contributed by atoms with Crippen LogP contribution in [0.5, 0.6) is 0 Å². The Bertz CT molecular complexity index is 597. The molecule has 0 spiro atoms. The zero-order valence-electron chi connectivity index (χ0n) is 12.1. The van der Waals surface area contributed by atoms with Gasteiger partial charge in [0.2, 0.25) is 0 Å². The predicted molar refractivity (Wildman–Crippen MR) is 81.3 cm³/mol. The molecule has 1 heterocycles. The highest BCUT2D eigenvalue weighted by Gasteiger charge is 2.36. The Labute approximate surface area is 125 Å². The topological polar surface area (TPSA) is 29.5 Å². The minimum atomic E-state index is -0.123. The van der Waals surface area contributed by atoms with Crippen LogP contribution < -0.4 is 0 Å². The van der Waals surface area contributed by atoms with Crippen molar-refractivity contribution in [2.75, 3.05) is 6.54 Å². The molecule has 0 bridgehead atoms. The molecule has 1 aliphatic heterocycles. The summed E-state index contributed by atoms with van der Waals surface area (Å²) in [5.74, 6) is -0.208. The lowest BCUT2D eigenvalue weighted by Gasteiger charge is -2.21. The van der Waals surface area contributed by atoms with E-state index in [2.05, 4.69) is 31.2 Å². The quantitative estimate of drug-likeness (QED) is 0.860. The highest BCUT2D eigenvalue weighted by atomic mass is 16.7. The highest BCUT2D eigenvalue weighted by Crippen LogP contribution is 2.28. The average molecular weight is 281 g/mol. The SMILES string of the molecule is C[C@@H](c1ccccc1)N1C[C@@H](Cc2ccccc2)C(=O)O1. The molecule has 3 rings (SSSR count). The van der Waals surface area contributed by atoms with E-state index in [4.69, 9.17) is 4.84 Å². The molecule has 2 aromatic rings.